The van der Waals surface area contributed by atoms with Crippen molar-refractivity contribution in [2.75, 3.05) is 0 Å². The molecule has 72 valence electrons. The zero-order chi connectivity index (χ0) is 10.0. The summed E-state index contributed by atoms with van der Waals surface area (Å²) in [6.45, 7) is 1.43. The lowest BCUT2D eigenvalue weighted by Crippen LogP contribution is -2.14. The lowest BCUT2D eigenvalue weighted by Gasteiger charge is -2.02. The highest BCUT2D eigenvalue weighted by Crippen LogP contribution is 2.10. The van der Waals surface area contributed by atoms with Gasteiger partial charge in [0.15, 0.2) is 6.29 Å². The van der Waals surface area contributed by atoms with E-state index in [0.29, 0.717) is 5.82 Å². The van der Waals surface area contributed by atoms with Gasteiger partial charge >= 0.3 is 5.82 Å². The van der Waals surface area contributed by atoms with Crippen LogP contribution in [0.1, 0.15) is 5.82 Å². The molecular formula is C6H9N3O4. The number of aromatic nitrogens is 2. The van der Waals surface area contributed by atoms with Crippen molar-refractivity contribution in [3.05, 3.63) is 22.1 Å². The molecule has 0 aromatic carbocycles. The Labute approximate surface area is 73.4 Å². The van der Waals surface area contributed by atoms with E-state index in [2.05, 4.69) is 4.98 Å². The summed E-state index contributed by atoms with van der Waals surface area (Å²) >= 11 is 0. The number of rotatable bonds is 3. The summed E-state index contributed by atoms with van der Waals surface area (Å²) in [6, 6.07) is 0. The van der Waals surface area contributed by atoms with Gasteiger partial charge in [-0.1, -0.05) is 0 Å². The summed E-state index contributed by atoms with van der Waals surface area (Å²) in [5.74, 6) is 0.0814. The molecule has 1 heterocycles. The summed E-state index contributed by atoms with van der Waals surface area (Å²) in [5, 5.41) is 27.5. The summed E-state index contributed by atoms with van der Waals surface area (Å²) in [7, 11) is 0. The Bertz CT molecular complexity index is 320. The molecule has 0 bridgehead atoms. The Balaban J connectivity index is 2.90. The van der Waals surface area contributed by atoms with E-state index in [4.69, 9.17) is 10.2 Å². The molecule has 1 aromatic rings. The molecule has 0 aliphatic rings. The summed E-state index contributed by atoms with van der Waals surface area (Å²) < 4.78 is 1.31. The van der Waals surface area contributed by atoms with Crippen LogP contribution < -0.4 is 0 Å². The van der Waals surface area contributed by atoms with E-state index in [1.165, 1.54) is 4.57 Å². The van der Waals surface area contributed by atoms with E-state index in [-0.39, 0.29) is 12.4 Å². The number of aliphatic hydroxyl groups excluding tert-OH is 1. The SMILES string of the molecule is Cc1nc([N+](=O)[O-])cn1CC(O)O. The van der Waals surface area contributed by atoms with Crippen molar-refractivity contribution in [2.45, 2.75) is 19.8 Å². The van der Waals surface area contributed by atoms with Gasteiger partial charge in [0.2, 0.25) is 5.82 Å². The van der Waals surface area contributed by atoms with Crippen LogP contribution in [0.5, 0.6) is 0 Å². The predicted molar refractivity (Wildman–Crippen MR) is 41.8 cm³/mol. The molecule has 1 rings (SSSR count). The molecule has 1 aromatic heterocycles. The average Bonchev–Trinajstić information content (AvgIpc) is 2.31. The average molecular weight is 187 g/mol. The van der Waals surface area contributed by atoms with E-state index in [1.54, 1.807) is 6.92 Å². The van der Waals surface area contributed by atoms with Crippen LogP contribution in [0.3, 0.4) is 0 Å². The van der Waals surface area contributed by atoms with Crippen LogP contribution in [0.2, 0.25) is 0 Å². The van der Waals surface area contributed by atoms with E-state index < -0.39 is 11.2 Å². The van der Waals surface area contributed by atoms with Crippen molar-refractivity contribution in [3.63, 3.8) is 0 Å². The molecule has 0 saturated carbocycles. The minimum absolute atomic E-state index is 0.118. The van der Waals surface area contributed by atoms with Crippen LogP contribution >= 0.6 is 0 Å². The molecule has 0 unspecified atom stereocenters. The van der Waals surface area contributed by atoms with E-state index in [9.17, 15) is 10.1 Å². The number of aryl methyl sites for hydroxylation is 1. The summed E-state index contributed by atoms with van der Waals surface area (Å²) in [6.07, 6.45) is -0.373. The zero-order valence-electron chi connectivity index (χ0n) is 6.91. The maximum Gasteiger partial charge on any atom is 0.381 e. The third-order valence-electron chi connectivity index (χ3n) is 1.51. The fourth-order valence-corrected chi connectivity index (χ4v) is 0.940. The largest absolute Gasteiger partial charge is 0.381 e. The van der Waals surface area contributed by atoms with Crippen LogP contribution in [-0.4, -0.2) is 31.0 Å². The summed E-state index contributed by atoms with van der Waals surface area (Å²) in [4.78, 5) is 13.2. The first-order valence-electron chi connectivity index (χ1n) is 3.55. The molecule has 7 heteroatoms. The second-order valence-corrected chi connectivity index (χ2v) is 2.54. The maximum atomic E-state index is 10.3. The highest BCUT2D eigenvalue weighted by Gasteiger charge is 2.15. The quantitative estimate of drug-likeness (QED) is 0.374. The molecule has 0 amide bonds. The standard InChI is InChI=1S/C6H9N3O4/c1-4-7-5(9(12)13)2-8(4)3-6(10)11/h2,6,10-11H,3H2,1H3. The topological polar surface area (TPSA) is 101 Å². The lowest BCUT2D eigenvalue weighted by molar-refractivity contribution is -0.389. The van der Waals surface area contributed by atoms with Gasteiger partial charge in [0.25, 0.3) is 0 Å². The normalized spacial score (nSPS) is 10.8. The number of aliphatic hydroxyl groups is 2. The Morgan fingerprint density at radius 1 is 1.77 bits per heavy atom. The van der Waals surface area contributed by atoms with Gasteiger partial charge in [-0.05, 0) is 9.91 Å². The molecule has 0 fully saturated rings. The molecule has 0 atom stereocenters. The number of hydrogen-bond acceptors (Lipinski definition) is 5. The predicted octanol–water partition coefficient (Wildman–Crippen LogP) is -0.590. The van der Waals surface area contributed by atoms with Crippen molar-refractivity contribution in [1.29, 1.82) is 0 Å². The highest BCUT2D eigenvalue weighted by atomic mass is 16.6. The van der Waals surface area contributed by atoms with Crippen molar-refractivity contribution in [1.82, 2.24) is 9.55 Å². The first-order chi connectivity index (χ1) is 6.00. The van der Waals surface area contributed by atoms with Gasteiger partial charge in [0, 0.05) is 6.92 Å². The maximum absolute atomic E-state index is 10.3. The number of imidazole rings is 1. The first kappa shape index (κ1) is 9.62. The van der Waals surface area contributed by atoms with E-state index in [1.807, 2.05) is 0 Å². The molecule has 0 aliphatic carbocycles. The van der Waals surface area contributed by atoms with Crippen LogP contribution in [-0.2, 0) is 6.54 Å². The van der Waals surface area contributed by atoms with Gasteiger partial charge in [0.1, 0.15) is 6.20 Å². The van der Waals surface area contributed by atoms with Crippen molar-refractivity contribution < 1.29 is 15.1 Å². The third kappa shape index (κ3) is 2.23. The molecule has 13 heavy (non-hydrogen) atoms. The third-order valence-corrected chi connectivity index (χ3v) is 1.51. The number of hydrogen-bond donors (Lipinski definition) is 2. The fourth-order valence-electron chi connectivity index (χ4n) is 0.940. The van der Waals surface area contributed by atoms with Gasteiger partial charge in [-0.2, -0.15) is 0 Å². The minimum atomic E-state index is -1.53. The molecule has 0 aliphatic heterocycles. The molecular weight excluding hydrogens is 178 g/mol. The Kier molecular flexibility index (Phi) is 2.59. The number of nitrogens with zero attached hydrogens (tertiary/aromatic N) is 3. The van der Waals surface area contributed by atoms with Crippen LogP contribution in [0.25, 0.3) is 0 Å². The van der Waals surface area contributed by atoms with Crippen molar-refractivity contribution >= 4 is 5.82 Å². The summed E-state index contributed by atoms with van der Waals surface area (Å²) in [5.41, 5.74) is 0. The second-order valence-electron chi connectivity index (χ2n) is 2.54. The Hall–Kier alpha value is -1.47. The van der Waals surface area contributed by atoms with E-state index >= 15 is 0 Å². The highest BCUT2D eigenvalue weighted by molar-refractivity contribution is 5.16. The number of nitro groups is 1. The fraction of sp³-hybridized carbons (Fsp3) is 0.500. The lowest BCUT2D eigenvalue weighted by atomic mass is 10.5. The van der Waals surface area contributed by atoms with Gasteiger partial charge in [-0.15, -0.1) is 0 Å². The first-order valence-corrected chi connectivity index (χ1v) is 3.55. The Morgan fingerprint density at radius 3 is 2.77 bits per heavy atom. The van der Waals surface area contributed by atoms with Gasteiger partial charge in [-0.25, -0.2) is 0 Å². The van der Waals surface area contributed by atoms with Crippen LogP contribution in [0, 0.1) is 17.0 Å². The van der Waals surface area contributed by atoms with Crippen molar-refractivity contribution in [3.8, 4) is 0 Å². The smallest absolute Gasteiger partial charge is 0.367 e. The van der Waals surface area contributed by atoms with Gasteiger partial charge < -0.3 is 24.9 Å². The Morgan fingerprint density at radius 2 is 2.38 bits per heavy atom. The molecule has 7 nitrogen and oxygen atoms in total. The molecule has 0 saturated heterocycles. The van der Waals surface area contributed by atoms with Crippen molar-refractivity contribution in [2.24, 2.45) is 0 Å². The van der Waals surface area contributed by atoms with Gasteiger partial charge in [-0.3, -0.25) is 0 Å². The minimum Gasteiger partial charge on any atom is -0.367 e. The molecule has 2 N–H and O–H groups in total. The monoisotopic (exact) mass is 187 g/mol. The second kappa shape index (κ2) is 3.50. The zero-order valence-corrected chi connectivity index (χ0v) is 6.91. The van der Waals surface area contributed by atoms with E-state index in [0.717, 1.165) is 6.20 Å². The van der Waals surface area contributed by atoms with Crippen LogP contribution in [0.4, 0.5) is 5.82 Å². The molecule has 0 spiro atoms. The molecule has 0 radical (unpaired) electrons. The van der Waals surface area contributed by atoms with Gasteiger partial charge in [0.05, 0.1) is 6.54 Å². The van der Waals surface area contributed by atoms with Crippen LogP contribution in [0.15, 0.2) is 6.20 Å².